The summed E-state index contributed by atoms with van der Waals surface area (Å²) in [5, 5.41) is 2.62. The van der Waals surface area contributed by atoms with Gasteiger partial charge in [-0.1, -0.05) is 0 Å². The fourth-order valence-corrected chi connectivity index (χ4v) is 0.652. The summed E-state index contributed by atoms with van der Waals surface area (Å²) < 4.78 is 4.89. The minimum Gasteiger partial charge on any atom is -0.380 e. The summed E-state index contributed by atoms with van der Waals surface area (Å²) in [7, 11) is 1.53. The van der Waals surface area contributed by atoms with E-state index >= 15 is 0 Å². The Hall–Kier alpha value is -0.610. The molecular weight excluding hydrogens is 144 g/mol. The Kier molecular flexibility index (Phi) is 4.81. The van der Waals surface area contributed by atoms with Crippen LogP contribution in [0.3, 0.4) is 0 Å². The first-order valence-electron chi connectivity index (χ1n) is 3.69. The van der Waals surface area contributed by atoms with Crippen molar-refractivity contribution in [2.75, 3.05) is 13.7 Å². The van der Waals surface area contributed by atoms with E-state index in [9.17, 15) is 4.79 Å². The summed E-state index contributed by atoms with van der Waals surface area (Å²) in [4.78, 5) is 11.0. The van der Waals surface area contributed by atoms with E-state index in [1.807, 2.05) is 6.92 Å². The molecule has 0 heterocycles. The third-order valence-electron chi connectivity index (χ3n) is 1.53. The van der Waals surface area contributed by atoms with E-state index in [4.69, 9.17) is 10.5 Å². The molecule has 3 N–H and O–H groups in total. The van der Waals surface area contributed by atoms with Gasteiger partial charge in [-0.05, 0) is 13.8 Å². The molecule has 0 aliphatic rings. The summed E-state index contributed by atoms with van der Waals surface area (Å²) >= 11 is 0. The van der Waals surface area contributed by atoms with Crippen LogP contribution < -0.4 is 11.1 Å². The first-order valence-corrected chi connectivity index (χ1v) is 3.69. The van der Waals surface area contributed by atoms with Gasteiger partial charge in [-0.25, -0.2) is 0 Å². The highest BCUT2D eigenvalue weighted by Gasteiger charge is 2.18. The molecule has 0 fully saturated rings. The minimum atomic E-state index is -0.569. The molecule has 4 nitrogen and oxygen atoms in total. The molecule has 2 atom stereocenters. The van der Waals surface area contributed by atoms with Crippen molar-refractivity contribution in [1.82, 2.24) is 5.32 Å². The van der Waals surface area contributed by atoms with Crippen molar-refractivity contribution in [3.8, 4) is 0 Å². The highest BCUT2D eigenvalue weighted by atomic mass is 16.5. The summed E-state index contributed by atoms with van der Waals surface area (Å²) in [5.74, 6) is -0.165. The Morgan fingerprint density at radius 3 is 2.64 bits per heavy atom. The number of hydrogen-bond acceptors (Lipinski definition) is 3. The largest absolute Gasteiger partial charge is 0.380 e. The number of nitrogens with one attached hydrogen (secondary N) is 1. The molecule has 0 radical (unpaired) electrons. The average molecular weight is 160 g/mol. The van der Waals surface area contributed by atoms with E-state index in [2.05, 4.69) is 5.32 Å². The van der Waals surface area contributed by atoms with Crippen LogP contribution in [0.25, 0.3) is 0 Å². The molecule has 0 aromatic heterocycles. The van der Waals surface area contributed by atoms with Gasteiger partial charge in [-0.2, -0.15) is 0 Å². The Labute approximate surface area is 67.1 Å². The molecule has 0 aliphatic heterocycles. The Morgan fingerprint density at radius 1 is 1.73 bits per heavy atom. The molecule has 0 saturated heterocycles. The van der Waals surface area contributed by atoms with Gasteiger partial charge in [0, 0.05) is 13.7 Å². The number of rotatable bonds is 4. The van der Waals surface area contributed by atoms with Crippen molar-refractivity contribution < 1.29 is 9.53 Å². The first kappa shape index (κ1) is 10.4. The number of nitrogens with two attached hydrogens (primary N) is 1. The lowest BCUT2D eigenvalue weighted by Crippen LogP contribution is -2.47. The van der Waals surface area contributed by atoms with Crippen LogP contribution in [0, 0.1) is 0 Å². The van der Waals surface area contributed by atoms with Crippen molar-refractivity contribution in [1.29, 1.82) is 0 Å². The van der Waals surface area contributed by atoms with Gasteiger partial charge in [-0.3, -0.25) is 4.79 Å². The zero-order valence-corrected chi connectivity index (χ0v) is 7.26. The van der Waals surface area contributed by atoms with Crippen molar-refractivity contribution >= 4 is 5.91 Å². The van der Waals surface area contributed by atoms with E-state index in [1.54, 1.807) is 6.92 Å². The van der Waals surface area contributed by atoms with Crippen LogP contribution in [0.1, 0.15) is 13.8 Å². The number of amides is 1. The Balaban J connectivity index is 3.80. The van der Waals surface area contributed by atoms with Crippen molar-refractivity contribution in [3.63, 3.8) is 0 Å². The van der Waals surface area contributed by atoms with Crippen LogP contribution in [-0.2, 0) is 9.53 Å². The second-order valence-corrected chi connectivity index (χ2v) is 2.36. The van der Waals surface area contributed by atoms with Crippen molar-refractivity contribution in [3.05, 3.63) is 0 Å². The molecule has 0 bridgehead atoms. The summed E-state index contributed by atoms with van der Waals surface area (Å²) in [5.41, 5.74) is 5.52. The zero-order valence-electron chi connectivity index (χ0n) is 7.26. The predicted octanol–water partition coefficient (Wildman–Crippen LogP) is -0.515. The molecule has 66 valence electrons. The van der Waals surface area contributed by atoms with Crippen LogP contribution in [0.2, 0.25) is 0 Å². The average Bonchev–Trinajstić information content (AvgIpc) is 2.02. The van der Waals surface area contributed by atoms with Gasteiger partial charge < -0.3 is 15.8 Å². The molecule has 0 spiro atoms. The first-order chi connectivity index (χ1) is 5.13. The van der Waals surface area contributed by atoms with E-state index in [-0.39, 0.29) is 12.0 Å². The number of carbonyl (C=O) groups is 1. The highest BCUT2D eigenvalue weighted by molar-refractivity contribution is 5.81. The van der Waals surface area contributed by atoms with E-state index in [0.717, 1.165) is 0 Å². The summed E-state index contributed by atoms with van der Waals surface area (Å²) in [6.45, 7) is 4.21. The number of carbonyl (C=O) groups excluding carboxylic acids is 1. The Bertz CT molecular complexity index is 128. The number of ether oxygens (including phenoxy) is 1. The smallest absolute Gasteiger partial charge is 0.239 e. The third kappa shape index (κ3) is 3.34. The molecule has 0 rings (SSSR count). The number of methoxy groups -OCH3 is 1. The zero-order chi connectivity index (χ0) is 8.85. The van der Waals surface area contributed by atoms with Gasteiger partial charge >= 0.3 is 0 Å². The van der Waals surface area contributed by atoms with Gasteiger partial charge in [0.15, 0.2) is 0 Å². The lowest BCUT2D eigenvalue weighted by molar-refractivity contribution is -0.124. The van der Waals surface area contributed by atoms with Crippen LogP contribution in [0.5, 0.6) is 0 Å². The molecule has 1 amide bonds. The van der Waals surface area contributed by atoms with Gasteiger partial charge in [0.2, 0.25) is 5.91 Å². The van der Waals surface area contributed by atoms with Crippen molar-refractivity contribution in [2.24, 2.45) is 5.73 Å². The normalized spacial score (nSPS) is 15.6. The summed E-state index contributed by atoms with van der Waals surface area (Å²) in [6, 6.07) is -0.569. The van der Waals surface area contributed by atoms with E-state index in [0.29, 0.717) is 6.54 Å². The number of likely N-dealkylation sites (N-methyl/N-ethyl adjacent to an activating group) is 1. The molecule has 0 aliphatic carbocycles. The maximum absolute atomic E-state index is 11.0. The van der Waals surface area contributed by atoms with Gasteiger partial charge in [0.1, 0.15) is 6.04 Å². The van der Waals surface area contributed by atoms with Gasteiger partial charge in [0.05, 0.1) is 6.10 Å². The monoisotopic (exact) mass is 160 g/mol. The van der Waals surface area contributed by atoms with Crippen LogP contribution in [-0.4, -0.2) is 31.7 Å². The molecule has 11 heavy (non-hydrogen) atoms. The van der Waals surface area contributed by atoms with Crippen LogP contribution in [0.15, 0.2) is 0 Å². The SMILES string of the molecule is CCNC(=O)[C@@H](N)[C@@H](C)OC. The summed E-state index contributed by atoms with van der Waals surface area (Å²) in [6.07, 6.45) is -0.235. The molecule has 0 saturated carbocycles. The molecule has 0 aromatic carbocycles. The second kappa shape index (κ2) is 5.09. The predicted molar refractivity (Wildman–Crippen MR) is 43.1 cm³/mol. The van der Waals surface area contributed by atoms with Gasteiger partial charge in [0.25, 0.3) is 0 Å². The topological polar surface area (TPSA) is 64.4 Å². The minimum absolute atomic E-state index is 0.165. The highest BCUT2D eigenvalue weighted by Crippen LogP contribution is 1.93. The van der Waals surface area contributed by atoms with Crippen LogP contribution in [0.4, 0.5) is 0 Å². The molecule has 4 heteroatoms. The standard InChI is InChI=1S/C7H16N2O2/c1-4-9-7(10)6(8)5(2)11-3/h5-6H,4,8H2,1-3H3,(H,9,10)/t5-,6+/m1/s1. The quantitative estimate of drug-likeness (QED) is 0.582. The lowest BCUT2D eigenvalue weighted by Gasteiger charge is -2.16. The molecule has 0 aromatic rings. The van der Waals surface area contributed by atoms with Crippen LogP contribution >= 0.6 is 0 Å². The maximum atomic E-state index is 11.0. The fraction of sp³-hybridized carbons (Fsp3) is 0.857. The second-order valence-electron chi connectivity index (χ2n) is 2.36. The van der Waals surface area contributed by atoms with E-state index in [1.165, 1.54) is 7.11 Å². The Morgan fingerprint density at radius 2 is 2.27 bits per heavy atom. The third-order valence-corrected chi connectivity index (χ3v) is 1.53. The van der Waals surface area contributed by atoms with Gasteiger partial charge in [-0.15, -0.1) is 0 Å². The maximum Gasteiger partial charge on any atom is 0.239 e. The molecule has 0 unspecified atom stereocenters. The molecular formula is C7H16N2O2. The van der Waals surface area contributed by atoms with E-state index < -0.39 is 6.04 Å². The number of hydrogen-bond donors (Lipinski definition) is 2. The lowest BCUT2D eigenvalue weighted by atomic mass is 10.2. The van der Waals surface area contributed by atoms with Crippen molar-refractivity contribution in [2.45, 2.75) is 26.0 Å². The fourth-order valence-electron chi connectivity index (χ4n) is 0.652.